The predicted molar refractivity (Wildman–Crippen MR) is 101 cm³/mol. The number of amides is 1. The molecule has 2 rings (SSSR count). The molecule has 0 fully saturated rings. The lowest BCUT2D eigenvalue weighted by molar-refractivity contribution is -0.116. The molecular weight excluding hydrogens is 338 g/mol. The number of rotatable bonds is 8. The Labute approximate surface area is 150 Å². The molecule has 0 saturated carbocycles. The third-order valence-corrected chi connectivity index (χ3v) is 6.48. The van der Waals surface area contributed by atoms with Crippen molar-refractivity contribution in [2.24, 2.45) is 5.92 Å². The summed E-state index contributed by atoms with van der Waals surface area (Å²) in [4.78, 5) is 12.5. The fourth-order valence-electron chi connectivity index (χ4n) is 3.02. The minimum absolute atomic E-state index is 0.106. The number of sulfonamides is 1. The Bertz CT molecular complexity index is 740. The van der Waals surface area contributed by atoms with Gasteiger partial charge in [-0.1, -0.05) is 26.0 Å². The third-order valence-electron chi connectivity index (χ3n) is 4.44. The summed E-state index contributed by atoms with van der Waals surface area (Å²) in [6.45, 7) is 4.42. The fourth-order valence-corrected chi connectivity index (χ4v) is 4.51. The van der Waals surface area contributed by atoms with E-state index in [1.807, 2.05) is 0 Å². The van der Waals surface area contributed by atoms with E-state index in [4.69, 9.17) is 0 Å². The first-order chi connectivity index (χ1) is 11.9. The zero-order valence-corrected chi connectivity index (χ0v) is 15.9. The maximum absolute atomic E-state index is 12.7. The van der Waals surface area contributed by atoms with Gasteiger partial charge >= 0.3 is 0 Å². The molecule has 2 N–H and O–H groups in total. The van der Waals surface area contributed by atoms with Gasteiger partial charge in [0.25, 0.3) is 0 Å². The lowest BCUT2D eigenvalue weighted by atomic mass is 10.0. The summed E-state index contributed by atoms with van der Waals surface area (Å²) in [7, 11) is -1.82. The van der Waals surface area contributed by atoms with Gasteiger partial charge < -0.3 is 10.6 Å². The summed E-state index contributed by atoms with van der Waals surface area (Å²) >= 11 is 0. The van der Waals surface area contributed by atoms with E-state index < -0.39 is 10.0 Å². The third kappa shape index (κ3) is 4.61. The minimum atomic E-state index is -3.56. The summed E-state index contributed by atoms with van der Waals surface area (Å²) in [6, 6.07) is 4.78. The number of nitrogens with one attached hydrogen (secondary N) is 2. The van der Waals surface area contributed by atoms with Gasteiger partial charge in [0.2, 0.25) is 15.9 Å². The van der Waals surface area contributed by atoms with Crippen LogP contribution in [0.2, 0.25) is 0 Å². The van der Waals surface area contributed by atoms with Crippen molar-refractivity contribution in [2.75, 3.05) is 30.8 Å². The van der Waals surface area contributed by atoms with E-state index in [1.165, 1.54) is 10.4 Å². The van der Waals surface area contributed by atoms with Crippen molar-refractivity contribution in [1.82, 2.24) is 4.31 Å². The molecule has 1 amide bonds. The molecule has 1 aliphatic carbocycles. The van der Waals surface area contributed by atoms with Crippen LogP contribution in [0.1, 0.15) is 33.1 Å². The molecule has 6 nitrogen and oxygen atoms in total. The van der Waals surface area contributed by atoms with Crippen LogP contribution in [-0.4, -0.2) is 38.8 Å². The Morgan fingerprint density at radius 3 is 2.52 bits per heavy atom. The lowest BCUT2D eigenvalue weighted by Gasteiger charge is -2.20. The lowest BCUT2D eigenvalue weighted by Crippen LogP contribution is -2.30. The van der Waals surface area contributed by atoms with E-state index in [0.29, 0.717) is 30.9 Å². The summed E-state index contributed by atoms with van der Waals surface area (Å²) in [6.07, 6.45) is 6.57. The van der Waals surface area contributed by atoms with E-state index in [9.17, 15) is 13.2 Å². The standard InChI is InChI=1S/C18H27N3O3S/c1-4-21(5-2)25(23,24)15-10-11-16(19-3)17(13-15)20-18(22)12-14-8-6-7-9-14/h6,8,10-11,13-14,19H,4-5,7,9,12H2,1-3H3,(H,20,22). The molecular formula is C18H27N3O3S. The van der Waals surface area contributed by atoms with Gasteiger partial charge in [0, 0.05) is 26.6 Å². The Morgan fingerprint density at radius 2 is 1.96 bits per heavy atom. The van der Waals surface area contributed by atoms with Gasteiger partial charge in [0.15, 0.2) is 0 Å². The number of nitrogens with zero attached hydrogens (tertiary/aromatic N) is 1. The van der Waals surface area contributed by atoms with E-state index in [2.05, 4.69) is 22.8 Å². The van der Waals surface area contributed by atoms with Gasteiger partial charge in [-0.2, -0.15) is 4.31 Å². The first-order valence-corrected chi connectivity index (χ1v) is 10.1. The number of benzene rings is 1. The summed E-state index contributed by atoms with van der Waals surface area (Å²) in [5, 5.41) is 5.85. The zero-order chi connectivity index (χ0) is 18.4. The van der Waals surface area contributed by atoms with E-state index in [0.717, 1.165) is 12.8 Å². The Hall–Kier alpha value is -1.86. The molecule has 1 aromatic rings. The first-order valence-electron chi connectivity index (χ1n) is 8.70. The smallest absolute Gasteiger partial charge is 0.243 e. The number of hydrogen-bond donors (Lipinski definition) is 2. The van der Waals surface area contributed by atoms with Crippen LogP contribution in [0.4, 0.5) is 11.4 Å². The van der Waals surface area contributed by atoms with Gasteiger partial charge in [0.05, 0.1) is 16.3 Å². The van der Waals surface area contributed by atoms with Crippen LogP contribution in [0.25, 0.3) is 0 Å². The first kappa shape index (κ1) is 19.5. The maximum Gasteiger partial charge on any atom is 0.243 e. The normalized spacial score (nSPS) is 17.0. The second kappa shape index (κ2) is 8.49. The van der Waals surface area contributed by atoms with Gasteiger partial charge in [-0.05, 0) is 37.0 Å². The topological polar surface area (TPSA) is 78.5 Å². The van der Waals surface area contributed by atoms with Crippen molar-refractivity contribution < 1.29 is 13.2 Å². The molecule has 138 valence electrons. The van der Waals surface area contributed by atoms with Crippen molar-refractivity contribution in [3.05, 3.63) is 30.4 Å². The molecule has 1 atom stereocenters. The molecule has 0 aromatic heterocycles. The van der Waals surface area contributed by atoms with Crippen molar-refractivity contribution in [2.45, 2.75) is 38.0 Å². The number of carbonyl (C=O) groups is 1. The number of allylic oxidation sites excluding steroid dienone is 2. The average molecular weight is 365 g/mol. The average Bonchev–Trinajstić information content (AvgIpc) is 3.08. The molecule has 0 heterocycles. The molecule has 25 heavy (non-hydrogen) atoms. The highest BCUT2D eigenvalue weighted by atomic mass is 32.2. The van der Waals surface area contributed by atoms with Crippen LogP contribution in [0.5, 0.6) is 0 Å². The van der Waals surface area contributed by atoms with Gasteiger partial charge in [-0.15, -0.1) is 0 Å². The highest BCUT2D eigenvalue weighted by Crippen LogP contribution is 2.28. The Kier molecular flexibility index (Phi) is 6.61. The predicted octanol–water partition coefficient (Wildman–Crippen LogP) is 3.05. The van der Waals surface area contributed by atoms with Crippen LogP contribution < -0.4 is 10.6 Å². The van der Waals surface area contributed by atoms with Gasteiger partial charge in [-0.25, -0.2) is 8.42 Å². The largest absolute Gasteiger partial charge is 0.386 e. The van der Waals surface area contributed by atoms with Crippen LogP contribution in [0.3, 0.4) is 0 Å². The van der Waals surface area contributed by atoms with Crippen molar-refractivity contribution in [3.8, 4) is 0 Å². The number of hydrogen-bond acceptors (Lipinski definition) is 4. The molecule has 1 aromatic carbocycles. The minimum Gasteiger partial charge on any atom is -0.386 e. The second-order valence-corrected chi connectivity index (χ2v) is 8.00. The highest BCUT2D eigenvalue weighted by molar-refractivity contribution is 7.89. The summed E-state index contributed by atoms with van der Waals surface area (Å²) in [5.74, 6) is 0.158. The van der Waals surface area contributed by atoms with Crippen molar-refractivity contribution in [3.63, 3.8) is 0 Å². The van der Waals surface area contributed by atoms with Gasteiger partial charge in [0.1, 0.15) is 0 Å². The SMILES string of the molecule is CCN(CC)S(=O)(=O)c1ccc(NC)c(NC(=O)CC2C=CCC2)c1. The van der Waals surface area contributed by atoms with Crippen LogP contribution in [-0.2, 0) is 14.8 Å². The Balaban J connectivity index is 2.24. The summed E-state index contributed by atoms with van der Waals surface area (Å²) in [5.41, 5.74) is 1.18. The van der Waals surface area contributed by atoms with E-state index in [1.54, 1.807) is 33.0 Å². The van der Waals surface area contributed by atoms with E-state index >= 15 is 0 Å². The fraction of sp³-hybridized carbons (Fsp3) is 0.500. The van der Waals surface area contributed by atoms with Crippen LogP contribution >= 0.6 is 0 Å². The Morgan fingerprint density at radius 1 is 1.24 bits per heavy atom. The van der Waals surface area contributed by atoms with Gasteiger partial charge in [-0.3, -0.25) is 4.79 Å². The van der Waals surface area contributed by atoms with E-state index in [-0.39, 0.29) is 16.7 Å². The molecule has 0 radical (unpaired) electrons. The molecule has 7 heteroatoms. The monoisotopic (exact) mass is 365 g/mol. The quantitative estimate of drug-likeness (QED) is 0.694. The zero-order valence-electron chi connectivity index (χ0n) is 15.1. The highest BCUT2D eigenvalue weighted by Gasteiger charge is 2.23. The molecule has 1 unspecified atom stereocenters. The van der Waals surface area contributed by atoms with Crippen molar-refractivity contribution >= 4 is 27.3 Å². The van der Waals surface area contributed by atoms with Crippen LogP contribution in [0.15, 0.2) is 35.2 Å². The number of anilines is 2. The molecule has 0 bridgehead atoms. The number of carbonyl (C=O) groups excluding carboxylic acids is 1. The van der Waals surface area contributed by atoms with Crippen LogP contribution in [0, 0.1) is 5.92 Å². The second-order valence-electron chi connectivity index (χ2n) is 6.06. The maximum atomic E-state index is 12.7. The molecule has 1 aliphatic rings. The molecule has 0 spiro atoms. The summed E-state index contributed by atoms with van der Waals surface area (Å²) < 4.78 is 26.8. The molecule has 0 aliphatic heterocycles. The molecule has 0 saturated heterocycles. The van der Waals surface area contributed by atoms with Crippen molar-refractivity contribution in [1.29, 1.82) is 0 Å².